The Morgan fingerprint density at radius 1 is 1.10 bits per heavy atom. The van der Waals surface area contributed by atoms with Gasteiger partial charge in [0.05, 0.1) is 18.6 Å². The van der Waals surface area contributed by atoms with E-state index < -0.39 is 10.0 Å². The van der Waals surface area contributed by atoms with Crippen molar-refractivity contribution in [2.24, 2.45) is 0 Å². The van der Waals surface area contributed by atoms with Crippen molar-refractivity contribution in [3.05, 3.63) is 59.7 Å². The molecule has 7 heteroatoms. The van der Waals surface area contributed by atoms with Gasteiger partial charge in [-0.15, -0.1) is 0 Å². The fraction of sp³-hybridized carbons (Fsp3) is 0.435. The highest BCUT2D eigenvalue weighted by atomic mass is 32.2. The number of nitrogens with one attached hydrogen (secondary N) is 1. The molecule has 1 N–H and O–H groups in total. The Kier molecular flexibility index (Phi) is 9.17. The first kappa shape index (κ1) is 23.7. The van der Waals surface area contributed by atoms with Crippen LogP contribution in [0.4, 0.5) is 5.69 Å². The van der Waals surface area contributed by atoms with Crippen molar-refractivity contribution in [3.63, 3.8) is 0 Å². The summed E-state index contributed by atoms with van der Waals surface area (Å²) in [6.45, 7) is 5.36. The fourth-order valence-electron chi connectivity index (χ4n) is 3.25. The van der Waals surface area contributed by atoms with E-state index in [0.717, 1.165) is 29.7 Å². The van der Waals surface area contributed by atoms with E-state index in [1.54, 1.807) is 6.07 Å². The third-order valence-electron chi connectivity index (χ3n) is 4.67. The van der Waals surface area contributed by atoms with Gasteiger partial charge >= 0.3 is 0 Å². The van der Waals surface area contributed by atoms with E-state index in [1.807, 2.05) is 56.3 Å². The molecule has 0 aliphatic carbocycles. The van der Waals surface area contributed by atoms with Gasteiger partial charge in [-0.1, -0.05) is 30.3 Å². The van der Waals surface area contributed by atoms with Crippen LogP contribution in [0.5, 0.6) is 5.75 Å². The molecule has 0 aliphatic heterocycles. The molecule has 0 atom stereocenters. The maximum Gasteiger partial charge on any atom is 0.232 e. The first-order valence-corrected chi connectivity index (χ1v) is 12.2. The monoisotopic (exact) mass is 432 g/mol. The Morgan fingerprint density at radius 3 is 2.57 bits per heavy atom. The van der Waals surface area contributed by atoms with Crippen LogP contribution in [0, 0.1) is 6.92 Å². The Morgan fingerprint density at radius 2 is 1.87 bits per heavy atom. The van der Waals surface area contributed by atoms with Crippen molar-refractivity contribution in [3.8, 4) is 5.75 Å². The number of carbonyl (C=O) groups excluding carboxylic acids is 1. The van der Waals surface area contributed by atoms with Crippen LogP contribution in [0.1, 0.15) is 37.3 Å². The van der Waals surface area contributed by atoms with E-state index in [0.29, 0.717) is 25.3 Å². The minimum atomic E-state index is -3.40. The summed E-state index contributed by atoms with van der Waals surface area (Å²) in [7, 11) is -3.40. The van der Waals surface area contributed by atoms with Crippen molar-refractivity contribution < 1.29 is 17.9 Å². The standard InChI is InChI=1S/C23H32N2O4S/c1-4-29-22-14-6-5-11-20(22)12-8-16-24-23(26)15-9-17-25(30(3,27)28)21-13-7-10-19(2)18-21/h5-7,10-11,13-14,18H,4,8-9,12,15-17H2,1-3H3,(H,24,26). The van der Waals surface area contributed by atoms with Crippen molar-refractivity contribution >= 4 is 21.6 Å². The molecule has 0 aromatic heterocycles. The smallest absolute Gasteiger partial charge is 0.232 e. The molecule has 0 saturated heterocycles. The van der Waals surface area contributed by atoms with Gasteiger partial charge in [0, 0.05) is 19.5 Å². The molecule has 0 bridgehead atoms. The number of anilines is 1. The van der Waals surface area contributed by atoms with Gasteiger partial charge in [-0.3, -0.25) is 9.10 Å². The predicted molar refractivity (Wildman–Crippen MR) is 122 cm³/mol. The Hall–Kier alpha value is -2.54. The molecule has 0 radical (unpaired) electrons. The SMILES string of the molecule is CCOc1ccccc1CCCNC(=O)CCCN(c1cccc(C)c1)S(C)(=O)=O. The Labute approximate surface area is 180 Å². The number of rotatable bonds is 12. The number of para-hydroxylation sites is 1. The van der Waals surface area contributed by atoms with Gasteiger partial charge < -0.3 is 10.1 Å². The molecule has 2 rings (SSSR count). The second-order valence-corrected chi connectivity index (χ2v) is 9.18. The predicted octanol–water partition coefficient (Wildman–Crippen LogP) is 3.69. The fourth-order valence-corrected chi connectivity index (χ4v) is 4.21. The number of sulfonamides is 1. The molecular weight excluding hydrogens is 400 g/mol. The number of carbonyl (C=O) groups is 1. The van der Waals surface area contributed by atoms with Gasteiger partial charge in [0.15, 0.2) is 0 Å². The quantitative estimate of drug-likeness (QED) is 0.519. The molecule has 2 aromatic rings. The molecular formula is C23H32N2O4S. The number of nitrogens with zero attached hydrogens (tertiary/aromatic N) is 1. The van der Waals surface area contributed by atoms with Gasteiger partial charge in [-0.25, -0.2) is 8.42 Å². The van der Waals surface area contributed by atoms with Crippen LogP contribution in [0.2, 0.25) is 0 Å². The molecule has 0 spiro atoms. The second kappa shape index (κ2) is 11.6. The first-order chi connectivity index (χ1) is 14.3. The summed E-state index contributed by atoms with van der Waals surface area (Å²) < 4.78 is 31.3. The van der Waals surface area contributed by atoms with Gasteiger partial charge in [-0.2, -0.15) is 0 Å². The van der Waals surface area contributed by atoms with Crippen molar-refractivity contribution in [2.75, 3.05) is 30.3 Å². The highest BCUT2D eigenvalue weighted by Crippen LogP contribution is 2.20. The summed E-state index contributed by atoms with van der Waals surface area (Å²) >= 11 is 0. The average Bonchev–Trinajstić information content (AvgIpc) is 2.69. The summed E-state index contributed by atoms with van der Waals surface area (Å²) in [5.41, 5.74) is 2.76. The Balaban J connectivity index is 1.76. The molecule has 0 fully saturated rings. The van der Waals surface area contributed by atoms with E-state index in [1.165, 1.54) is 10.6 Å². The topological polar surface area (TPSA) is 75.7 Å². The lowest BCUT2D eigenvalue weighted by atomic mass is 10.1. The minimum Gasteiger partial charge on any atom is -0.494 e. The minimum absolute atomic E-state index is 0.0641. The van der Waals surface area contributed by atoms with Crippen molar-refractivity contribution in [1.29, 1.82) is 0 Å². The molecule has 1 amide bonds. The van der Waals surface area contributed by atoms with E-state index >= 15 is 0 Å². The molecule has 164 valence electrons. The third-order valence-corrected chi connectivity index (χ3v) is 5.87. The van der Waals surface area contributed by atoms with Gasteiger partial charge in [0.2, 0.25) is 15.9 Å². The van der Waals surface area contributed by atoms with Crippen molar-refractivity contribution in [2.45, 2.75) is 39.5 Å². The third kappa shape index (κ3) is 7.71. The lowest BCUT2D eigenvalue weighted by Gasteiger charge is -2.22. The van der Waals surface area contributed by atoms with Crippen LogP contribution in [-0.4, -0.2) is 40.3 Å². The highest BCUT2D eigenvalue weighted by Gasteiger charge is 2.17. The molecule has 0 unspecified atom stereocenters. The van der Waals surface area contributed by atoms with Crippen LogP contribution in [0.3, 0.4) is 0 Å². The summed E-state index contributed by atoms with van der Waals surface area (Å²) in [6, 6.07) is 15.3. The summed E-state index contributed by atoms with van der Waals surface area (Å²) in [6.07, 6.45) is 3.57. The highest BCUT2D eigenvalue weighted by molar-refractivity contribution is 7.92. The van der Waals surface area contributed by atoms with Crippen molar-refractivity contribution in [1.82, 2.24) is 5.32 Å². The van der Waals surface area contributed by atoms with Crippen LogP contribution < -0.4 is 14.4 Å². The second-order valence-electron chi connectivity index (χ2n) is 7.27. The van der Waals surface area contributed by atoms with Crippen LogP contribution in [-0.2, 0) is 21.2 Å². The maximum absolute atomic E-state index is 12.2. The average molecular weight is 433 g/mol. The largest absolute Gasteiger partial charge is 0.494 e. The number of aryl methyl sites for hydroxylation is 2. The zero-order valence-electron chi connectivity index (χ0n) is 18.1. The zero-order valence-corrected chi connectivity index (χ0v) is 18.9. The molecule has 2 aromatic carbocycles. The molecule has 0 aliphatic rings. The number of ether oxygens (including phenoxy) is 1. The summed E-state index contributed by atoms with van der Waals surface area (Å²) in [5.74, 6) is 0.828. The molecule has 0 heterocycles. The number of hydrogen-bond donors (Lipinski definition) is 1. The lowest BCUT2D eigenvalue weighted by Crippen LogP contribution is -2.32. The number of benzene rings is 2. The van der Waals surface area contributed by atoms with Gasteiger partial charge in [0.25, 0.3) is 0 Å². The first-order valence-electron chi connectivity index (χ1n) is 10.3. The van der Waals surface area contributed by atoms with Gasteiger partial charge in [0.1, 0.15) is 5.75 Å². The van der Waals surface area contributed by atoms with E-state index in [9.17, 15) is 13.2 Å². The Bertz CT molecular complexity index is 928. The summed E-state index contributed by atoms with van der Waals surface area (Å²) in [4.78, 5) is 12.1. The maximum atomic E-state index is 12.2. The molecule has 30 heavy (non-hydrogen) atoms. The van der Waals surface area contributed by atoms with E-state index in [-0.39, 0.29) is 18.9 Å². The van der Waals surface area contributed by atoms with E-state index in [2.05, 4.69) is 5.32 Å². The molecule has 0 saturated carbocycles. The normalized spacial score (nSPS) is 11.2. The van der Waals surface area contributed by atoms with Crippen LogP contribution in [0.15, 0.2) is 48.5 Å². The number of amides is 1. The van der Waals surface area contributed by atoms with E-state index in [4.69, 9.17) is 4.74 Å². The zero-order chi connectivity index (χ0) is 22.0. The summed E-state index contributed by atoms with van der Waals surface area (Å²) in [5, 5.41) is 2.92. The lowest BCUT2D eigenvalue weighted by molar-refractivity contribution is -0.121. The van der Waals surface area contributed by atoms with Gasteiger partial charge in [-0.05, 0) is 62.4 Å². The van der Waals surface area contributed by atoms with Crippen LogP contribution in [0.25, 0.3) is 0 Å². The number of hydrogen-bond acceptors (Lipinski definition) is 4. The van der Waals surface area contributed by atoms with Crippen LogP contribution >= 0.6 is 0 Å². The molecule has 6 nitrogen and oxygen atoms in total.